The van der Waals surface area contributed by atoms with Crippen molar-refractivity contribution in [3.05, 3.63) is 64.2 Å². The molecule has 2 aromatic carbocycles. The second-order valence-electron chi connectivity index (χ2n) is 5.16. The Kier molecular flexibility index (Phi) is 5.39. The van der Waals surface area contributed by atoms with Gasteiger partial charge in [-0.25, -0.2) is 0 Å². The fourth-order valence-electron chi connectivity index (χ4n) is 2.32. The molecule has 2 rings (SSSR count). The summed E-state index contributed by atoms with van der Waals surface area (Å²) in [5.41, 5.74) is -0.554. The zero-order valence-electron chi connectivity index (χ0n) is 13.0. The maximum Gasteiger partial charge on any atom is 0.416 e. The summed E-state index contributed by atoms with van der Waals surface area (Å²) in [5.74, 6) is -0.174. The largest absolute Gasteiger partial charge is 0.496 e. The van der Waals surface area contributed by atoms with Crippen molar-refractivity contribution < 1.29 is 22.7 Å². The van der Waals surface area contributed by atoms with E-state index in [0.717, 1.165) is 6.07 Å². The number of amides is 1. The Labute approximate surface area is 142 Å². The quantitative estimate of drug-likeness (QED) is 0.797. The van der Waals surface area contributed by atoms with E-state index in [4.69, 9.17) is 16.3 Å². The molecule has 0 heterocycles. The van der Waals surface area contributed by atoms with E-state index in [1.807, 2.05) is 0 Å². The average Bonchev–Trinajstić information content (AvgIpc) is 2.53. The molecule has 0 saturated heterocycles. The lowest BCUT2D eigenvalue weighted by molar-refractivity contribution is -0.138. The highest BCUT2D eigenvalue weighted by Gasteiger charge is 2.33. The lowest BCUT2D eigenvalue weighted by Crippen LogP contribution is -2.27. The van der Waals surface area contributed by atoms with Gasteiger partial charge >= 0.3 is 6.18 Å². The SMILES string of the molecule is COc1ccc(Cl)cc1C(=O)N(C)Cc1ccccc1C(F)(F)F. The van der Waals surface area contributed by atoms with Gasteiger partial charge in [-0.3, -0.25) is 4.79 Å². The molecule has 1 amide bonds. The summed E-state index contributed by atoms with van der Waals surface area (Å²) in [5, 5.41) is 0.336. The monoisotopic (exact) mass is 357 g/mol. The van der Waals surface area contributed by atoms with Gasteiger partial charge in [0.15, 0.2) is 0 Å². The molecule has 7 heteroatoms. The molecular formula is C17H15ClF3NO2. The van der Waals surface area contributed by atoms with Crippen molar-refractivity contribution >= 4 is 17.5 Å². The molecule has 24 heavy (non-hydrogen) atoms. The van der Waals surface area contributed by atoms with Gasteiger partial charge < -0.3 is 9.64 Å². The molecule has 0 N–H and O–H groups in total. The molecule has 0 atom stereocenters. The molecule has 0 unspecified atom stereocenters. The minimum absolute atomic E-state index is 0.0156. The van der Waals surface area contributed by atoms with E-state index in [-0.39, 0.29) is 17.7 Å². The highest BCUT2D eigenvalue weighted by Crippen LogP contribution is 2.32. The van der Waals surface area contributed by atoms with Crippen LogP contribution in [-0.4, -0.2) is 25.0 Å². The minimum Gasteiger partial charge on any atom is -0.496 e. The lowest BCUT2D eigenvalue weighted by Gasteiger charge is -2.21. The second kappa shape index (κ2) is 7.13. The number of rotatable bonds is 4. The molecule has 0 aromatic heterocycles. The zero-order valence-corrected chi connectivity index (χ0v) is 13.8. The van der Waals surface area contributed by atoms with Crippen molar-refractivity contribution in [2.24, 2.45) is 0 Å². The molecule has 0 radical (unpaired) electrons. The molecule has 0 fully saturated rings. The number of nitrogens with zero attached hydrogens (tertiary/aromatic N) is 1. The van der Waals surface area contributed by atoms with Crippen molar-refractivity contribution in [2.75, 3.05) is 14.2 Å². The predicted octanol–water partition coefficient (Wildman–Crippen LogP) is 4.64. The van der Waals surface area contributed by atoms with Crippen LogP contribution in [0, 0.1) is 0 Å². The van der Waals surface area contributed by atoms with Gasteiger partial charge in [0.25, 0.3) is 5.91 Å². The van der Waals surface area contributed by atoms with E-state index in [1.54, 1.807) is 6.07 Å². The van der Waals surface area contributed by atoms with Gasteiger partial charge in [-0.1, -0.05) is 29.8 Å². The Hall–Kier alpha value is -2.21. The van der Waals surface area contributed by atoms with Crippen LogP contribution >= 0.6 is 11.6 Å². The van der Waals surface area contributed by atoms with Gasteiger partial charge in [0, 0.05) is 18.6 Å². The van der Waals surface area contributed by atoms with Gasteiger partial charge in [0.2, 0.25) is 0 Å². The molecule has 2 aromatic rings. The van der Waals surface area contributed by atoms with Crippen molar-refractivity contribution in [2.45, 2.75) is 12.7 Å². The average molecular weight is 358 g/mol. The third kappa shape index (κ3) is 4.00. The molecule has 0 saturated carbocycles. The lowest BCUT2D eigenvalue weighted by atomic mass is 10.1. The molecule has 0 spiro atoms. The molecular weight excluding hydrogens is 343 g/mol. The summed E-state index contributed by atoms with van der Waals surface area (Å²) in [6.45, 7) is -0.190. The van der Waals surface area contributed by atoms with Crippen LogP contribution in [-0.2, 0) is 12.7 Å². The summed E-state index contributed by atoms with van der Waals surface area (Å²) < 4.78 is 44.3. The highest BCUT2D eigenvalue weighted by atomic mass is 35.5. The number of ether oxygens (including phenoxy) is 1. The highest BCUT2D eigenvalue weighted by molar-refractivity contribution is 6.31. The maximum atomic E-state index is 13.1. The Morgan fingerprint density at radius 1 is 1.21 bits per heavy atom. The Balaban J connectivity index is 2.30. The number of carbonyl (C=O) groups excluding carboxylic acids is 1. The summed E-state index contributed by atoms with van der Waals surface area (Å²) in [6, 6.07) is 9.69. The maximum absolute atomic E-state index is 13.1. The van der Waals surface area contributed by atoms with Crippen LogP contribution in [0.2, 0.25) is 5.02 Å². The fraction of sp³-hybridized carbons (Fsp3) is 0.235. The topological polar surface area (TPSA) is 29.5 Å². The first-order valence-electron chi connectivity index (χ1n) is 6.98. The normalized spacial score (nSPS) is 11.2. The third-order valence-electron chi connectivity index (χ3n) is 3.47. The van der Waals surface area contributed by atoms with Crippen LogP contribution in [0.1, 0.15) is 21.5 Å². The van der Waals surface area contributed by atoms with Crippen LogP contribution in [0.5, 0.6) is 5.75 Å². The number of alkyl halides is 3. The Morgan fingerprint density at radius 3 is 2.50 bits per heavy atom. The van der Waals surface area contributed by atoms with Crippen LogP contribution in [0.25, 0.3) is 0 Å². The molecule has 0 aliphatic carbocycles. The van der Waals surface area contributed by atoms with E-state index in [1.165, 1.54) is 49.4 Å². The number of benzene rings is 2. The molecule has 3 nitrogen and oxygen atoms in total. The molecule has 0 aliphatic rings. The van der Waals surface area contributed by atoms with Crippen molar-refractivity contribution in [1.29, 1.82) is 0 Å². The third-order valence-corrected chi connectivity index (χ3v) is 3.70. The Bertz CT molecular complexity index is 747. The van der Waals surface area contributed by atoms with Crippen LogP contribution in [0.4, 0.5) is 13.2 Å². The van der Waals surface area contributed by atoms with Crippen LogP contribution in [0.3, 0.4) is 0 Å². The smallest absolute Gasteiger partial charge is 0.416 e. The summed E-state index contributed by atoms with van der Waals surface area (Å²) in [7, 11) is 2.83. The first kappa shape index (κ1) is 18.1. The molecule has 0 bridgehead atoms. The van der Waals surface area contributed by atoms with E-state index < -0.39 is 17.6 Å². The van der Waals surface area contributed by atoms with E-state index in [9.17, 15) is 18.0 Å². The van der Waals surface area contributed by atoms with Gasteiger partial charge in [0.05, 0.1) is 18.2 Å². The number of carbonyl (C=O) groups is 1. The van der Waals surface area contributed by atoms with Gasteiger partial charge in [-0.05, 0) is 29.8 Å². The summed E-state index contributed by atoms with van der Waals surface area (Å²) in [4.78, 5) is 13.7. The number of methoxy groups -OCH3 is 1. The van der Waals surface area contributed by atoms with E-state index >= 15 is 0 Å². The first-order chi connectivity index (χ1) is 11.2. The predicted molar refractivity (Wildman–Crippen MR) is 85.2 cm³/mol. The minimum atomic E-state index is -4.48. The standard InChI is InChI=1S/C17H15ClF3NO2/c1-22(10-11-5-3-4-6-14(11)17(19,20)21)16(23)13-9-12(18)7-8-15(13)24-2/h3-9H,10H2,1-2H3. The zero-order chi connectivity index (χ0) is 17.9. The Morgan fingerprint density at radius 2 is 1.88 bits per heavy atom. The number of hydrogen-bond acceptors (Lipinski definition) is 2. The van der Waals surface area contributed by atoms with E-state index in [2.05, 4.69) is 0 Å². The van der Waals surface area contributed by atoms with Crippen molar-refractivity contribution in [1.82, 2.24) is 4.90 Å². The first-order valence-corrected chi connectivity index (χ1v) is 7.36. The van der Waals surface area contributed by atoms with Crippen LogP contribution in [0.15, 0.2) is 42.5 Å². The summed E-state index contributed by atoms with van der Waals surface area (Å²) >= 11 is 5.89. The van der Waals surface area contributed by atoms with Crippen molar-refractivity contribution in [3.8, 4) is 5.75 Å². The van der Waals surface area contributed by atoms with Crippen LogP contribution < -0.4 is 4.74 Å². The number of hydrogen-bond donors (Lipinski definition) is 0. The fourth-order valence-corrected chi connectivity index (χ4v) is 2.49. The summed E-state index contributed by atoms with van der Waals surface area (Å²) in [6.07, 6.45) is -4.48. The van der Waals surface area contributed by atoms with Crippen molar-refractivity contribution in [3.63, 3.8) is 0 Å². The molecule has 0 aliphatic heterocycles. The van der Waals surface area contributed by atoms with Gasteiger partial charge in [-0.15, -0.1) is 0 Å². The number of halogens is 4. The van der Waals surface area contributed by atoms with E-state index in [0.29, 0.717) is 10.8 Å². The van der Waals surface area contributed by atoms with Gasteiger partial charge in [0.1, 0.15) is 5.75 Å². The van der Waals surface area contributed by atoms with Gasteiger partial charge in [-0.2, -0.15) is 13.2 Å². The molecule has 128 valence electrons. The second-order valence-corrected chi connectivity index (χ2v) is 5.60.